The van der Waals surface area contributed by atoms with Crippen LogP contribution in [0, 0.1) is 0 Å². The standard InChI is InChI=1S/C22H15ClN2O3S/c23-15-8-10-16(11-9-15)24-21(26)19-17(14-5-2-1-3-6-14)13-29-20(19)22(27)25-18-7-4-12-28-18/h1-13H,(H,24,26)(H,25,27). The fourth-order valence-electron chi connectivity index (χ4n) is 2.83. The summed E-state index contributed by atoms with van der Waals surface area (Å²) >= 11 is 7.12. The zero-order chi connectivity index (χ0) is 20.2. The van der Waals surface area contributed by atoms with E-state index < -0.39 is 5.91 Å². The van der Waals surface area contributed by atoms with E-state index in [1.165, 1.54) is 17.6 Å². The highest BCUT2D eigenvalue weighted by Gasteiger charge is 2.25. The number of benzene rings is 2. The highest BCUT2D eigenvalue weighted by Crippen LogP contribution is 2.33. The van der Waals surface area contributed by atoms with Gasteiger partial charge in [-0.1, -0.05) is 41.9 Å². The maximum absolute atomic E-state index is 13.1. The number of nitrogens with one attached hydrogen (secondary N) is 2. The minimum Gasteiger partial charge on any atom is -0.449 e. The molecule has 144 valence electrons. The second kappa shape index (κ2) is 8.34. The molecule has 0 spiro atoms. The molecular weight excluding hydrogens is 408 g/mol. The Hall–Kier alpha value is -3.35. The number of thiophene rings is 1. The number of furan rings is 1. The lowest BCUT2D eigenvalue weighted by Gasteiger charge is -2.09. The molecule has 0 aliphatic heterocycles. The van der Waals surface area contributed by atoms with Crippen LogP contribution in [0.2, 0.25) is 5.02 Å². The summed E-state index contributed by atoms with van der Waals surface area (Å²) in [5, 5.41) is 7.90. The third kappa shape index (κ3) is 4.23. The van der Waals surface area contributed by atoms with E-state index in [0.29, 0.717) is 32.6 Å². The van der Waals surface area contributed by atoms with Gasteiger partial charge in [-0.15, -0.1) is 11.3 Å². The quantitative estimate of drug-likeness (QED) is 0.404. The molecule has 4 aromatic rings. The van der Waals surface area contributed by atoms with Crippen molar-refractivity contribution in [1.29, 1.82) is 0 Å². The van der Waals surface area contributed by atoms with Gasteiger partial charge in [0.1, 0.15) is 4.88 Å². The smallest absolute Gasteiger partial charge is 0.268 e. The van der Waals surface area contributed by atoms with Crippen molar-refractivity contribution in [3.05, 3.63) is 93.8 Å². The van der Waals surface area contributed by atoms with E-state index in [2.05, 4.69) is 10.6 Å². The summed E-state index contributed by atoms with van der Waals surface area (Å²) in [6.45, 7) is 0. The largest absolute Gasteiger partial charge is 0.449 e. The van der Waals surface area contributed by atoms with Crippen LogP contribution < -0.4 is 10.6 Å². The zero-order valence-corrected chi connectivity index (χ0v) is 16.6. The predicted octanol–water partition coefficient (Wildman–Crippen LogP) is 6.17. The number of carbonyl (C=O) groups excluding carboxylic acids is 2. The molecule has 0 saturated carbocycles. The van der Waals surface area contributed by atoms with E-state index in [0.717, 1.165) is 5.56 Å². The summed E-state index contributed by atoms with van der Waals surface area (Å²) in [6, 6.07) is 19.6. The van der Waals surface area contributed by atoms with Crippen LogP contribution in [-0.4, -0.2) is 11.8 Å². The van der Waals surface area contributed by atoms with Gasteiger partial charge in [-0.05, 0) is 35.9 Å². The first-order chi connectivity index (χ1) is 14.1. The first-order valence-electron chi connectivity index (χ1n) is 8.70. The Morgan fingerprint density at radius 3 is 2.31 bits per heavy atom. The highest BCUT2D eigenvalue weighted by molar-refractivity contribution is 7.13. The Balaban J connectivity index is 1.71. The van der Waals surface area contributed by atoms with Crippen molar-refractivity contribution in [1.82, 2.24) is 0 Å². The molecule has 2 N–H and O–H groups in total. The summed E-state index contributed by atoms with van der Waals surface area (Å²) in [5.74, 6) is -0.473. The number of hydrogen-bond donors (Lipinski definition) is 2. The Morgan fingerprint density at radius 1 is 0.862 bits per heavy atom. The second-order valence-electron chi connectivity index (χ2n) is 6.11. The molecule has 0 unspecified atom stereocenters. The van der Waals surface area contributed by atoms with Crippen LogP contribution in [0.15, 0.2) is 82.8 Å². The van der Waals surface area contributed by atoms with Gasteiger partial charge in [0, 0.05) is 27.7 Å². The molecule has 29 heavy (non-hydrogen) atoms. The van der Waals surface area contributed by atoms with E-state index in [1.54, 1.807) is 36.4 Å². The summed E-state index contributed by atoms with van der Waals surface area (Å²) in [7, 11) is 0. The molecule has 0 atom stereocenters. The number of anilines is 2. The SMILES string of the molecule is O=C(Nc1ccco1)c1scc(-c2ccccc2)c1C(=O)Nc1ccc(Cl)cc1. The second-order valence-corrected chi connectivity index (χ2v) is 7.43. The van der Waals surface area contributed by atoms with Crippen molar-refractivity contribution in [2.24, 2.45) is 0 Å². The van der Waals surface area contributed by atoms with Crippen LogP contribution in [-0.2, 0) is 0 Å². The Morgan fingerprint density at radius 2 is 1.62 bits per heavy atom. The maximum Gasteiger partial charge on any atom is 0.268 e. The zero-order valence-electron chi connectivity index (χ0n) is 15.0. The molecule has 2 heterocycles. The van der Waals surface area contributed by atoms with Crippen LogP contribution in [0.4, 0.5) is 11.6 Å². The topological polar surface area (TPSA) is 71.3 Å². The van der Waals surface area contributed by atoms with Crippen molar-refractivity contribution in [3.63, 3.8) is 0 Å². The van der Waals surface area contributed by atoms with Gasteiger partial charge in [-0.25, -0.2) is 0 Å². The number of hydrogen-bond acceptors (Lipinski definition) is 4. The Kier molecular flexibility index (Phi) is 5.46. The van der Waals surface area contributed by atoms with Gasteiger partial charge in [0.2, 0.25) is 0 Å². The number of halogens is 1. The fourth-order valence-corrected chi connectivity index (χ4v) is 3.92. The van der Waals surface area contributed by atoms with Gasteiger partial charge in [-0.3, -0.25) is 14.9 Å². The van der Waals surface area contributed by atoms with E-state index in [9.17, 15) is 9.59 Å². The minimum absolute atomic E-state index is 0.298. The van der Waals surface area contributed by atoms with Crippen LogP contribution >= 0.6 is 22.9 Å². The van der Waals surface area contributed by atoms with E-state index >= 15 is 0 Å². The van der Waals surface area contributed by atoms with Crippen LogP contribution in [0.25, 0.3) is 11.1 Å². The third-order valence-electron chi connectivity index (χ3n) is 4.17. The summed E-state index contributed by atoms with van der Waals surface area (Å²) < 4.78 is 5.18. The maximum atomic E-state index is 13.1. The molecule has 0 saturated heterocycles. The van der Waals surface area contributed by atoms with Crippen molar-refractivity contribution in [2.45, 2.75) is 0 Å². The lowest BCUT2D eigenvalue weighted by atomic mass is 10.0. The molecule has 5 nitrogen and oxygen atoms in total. The average Bonchev–Trinajstić information content (AvgIpc) is 3.40. The predicted molar refractivity (Wildman–Crippen MR) is 116 cm³/mol. The molecule has 2 amide bonds. The van der Waals surface area contributed by atoms with Gasteiger partial charge in [0.15, 0.2) is 5.88 Å². The van der Waals surface area contributed by atoms with Crippen LogP contribution in [0.3, 0.4) is 0 Å². The minimum atomic E-state index is -0.409. The van der Waals surface area contributed by atoms with Crippen molar-refractivity contribution in [2.75, 3.05) is 10.6 Å². The average molecular weight is 423 g/mol. The molecule has 0 aliphatic rings. The molecule has 7 heteroatoms. The molecule has 0 fully saturated rings. The summed E-state index contributed by atoms with van der Waals surface area (Å²) in [6.07, 6.45) is 1.47. The molecule has 0 bridgehead atoms. The van der Waals surface area contributed by atoms with Gasteiger partial charge >= 0.3 is 0 Å². The Labute approximate surface area is 175 Å². The van der Waals surface area contributed by atoms with Crippen LogP contribution in [0.1, 0.15) is 20.0 Å². The molecule has 2 aromatic carbocycles. The van der Waals surface area contributed by atoms with E-state index in [4.69, 9.17) is 16.0 Å². The lowest BCUT2D eigenvalue weighted by Crippen LogP contribution is -2.18. The molecule has 2 aromatic heterocycles. The van der Waals surface area contributed by atoms with Crippen LogP contribution in [0.5, 0.6) is 0 Å². The molecule has 4 rings (SSSR count). The molecule has 0 radical (unpaired) electrons. The normalized spacial score (nSPS) is 10.5. The van der Waals surface area contributed by atoms with Crippen molar-refractivity contribution in [3.8, 4) is 11.1 Å². The first-order valence-corrected chi connectivity index (χ1v) is 9.96. The van der Waals surface area contributed by atoms with Gasteiger partial charge in [0.05, 0.1) is 11.8 Å². The van der Waals surface area contributed by atoms with Gasteiger partial charge < -0.3 is 9.73 Å². The monoisotopic (exact) mass is 422 g/mol. The van der Waals surface area contributed by atoms with E-state index in [1.807, 2.05) is 35.7 Å². The molecule has 0 aliphatic carbocycles. The number of rotatable bonds is 5. The number of amides is 2. The lowest BCUT2D eigenvalue weighted by molar-refractivity contribution is 0.0993. The summed E-state index contributed by atoms with van der Waals surface area (Å²) in [5.41, 5.74) is 2.43. The summed E-state index contributed by atoms with van der Waals surface area (Å²) in [4.78, 5) is 26.3. The van der Waals surface area contributed by atoms with Crippen molar-refractivity contribution < 1.29 is 14.0 Å². The Bertz CT molecular complexity index is 1140. The van der Waals surface area contributed by atoms with Gasteiger partial charge in [0.25, 0.3) is 11.8 Å². The highest BCUT2D eigenvalue weighted by atomic mass is 35.5. The fraction of sp³-hybridized carbons (Fsp3) is 0. The molecular formula is C22H15ClN2O3S. The van der Waals surface area contributed by atoms with Crippen molar-refractivity contribution >= 4 is 46.3 Å². The first kappa shape index (κ1) is 19.0. The number of carbonyl (C=O) groups is 2. The third-order valence-corrected chi connectivity index (χ3v) is 5.40. The van der Waals surface area contributed by atoms with E-state index in [-0.39, 0.29) is 5.91 Å². The van der Waals surface area contributed by atoms with Gasteiger partial charge in [-0.2, -0.15) is 0 Å².